The molecule has 1 aromatic heterocycles. The van der Waals surface area contributed by atoms with Crippen molar-refractivity contribution in [3.8, 4) is 11.4 Å². The van der Waals surface area contributed by atoms with E-state index >= 15 is 0 Å². The van der Waals surface area contributed by atoms with E-state index in [0.29, 0.717) is 42.8 Å². The summed E-state index contributed by atoms with van der Waals surface area (Å²) in [6.45, 7) is 5.73. The highest BCUT2D eigenvalue weighted by Crippen LogP contribution is 2.32. The van der Waals surface area contributed by atoms with Gasteiger partial charge in [0.2, 0.25) is 0 Å². The van der Waals surface area contributed by atoms with Gasteiger partial charge in [-0.25, -0.2) is 4.79 Å². The van der Waals surface area contributed by atoms with Crippen LogP contribution in [0.25, 0.3) is 5.69 Å². The van der Waals surface area contributed by atoms with E-state index in [-0.39, 0.29) is 10.7 Å². The molecule has 0 aliphatic rings. The van der Waals surface area contributed by atoms with Gasteiger partial charge in [0.15, 0.2) is 0 Å². The second-order valence-electron chi connectivity index (χ2n) is 4.68. The number of aryl methyl sites for hydroxylation is 1. The third kappa shape index (κ3) is 4.25. The molecule has 9 heteroatoms. The molecule has 126 valence electrons. The van der Waals surface area contributed by atoms with Crippen LogP contribution in [0.5, 0.6) is 5.75 Å². The molecule has 2 rings (SSSR count). The Morgan fingerprint density at radius 3 is 2.61 bits per heavy atom. The number of halogens is 2. The third-order valence-corrected chi connectivity index (χ3v) is 3.59. The molecule has 0 bridgehead atoms. The van der Waals surface area contributed by atoms with Crippen LogP contribution in [-0.2, 0) is 11.3 Å². The minimum absolute atomic E-state index is 0.290. The molecule has 0 aliphatic heterocycles. The SMILES string of the molecule is CCCn1nnn(-c2cc(OCCOCC)c(Cl)cc2Cl)c1=O. The minimum Gasteiger partial charge on any atom is -0.490 e. The van der Waals surface area contributed by atoms with Gasteiger partial charge in [0.25, 0.3) is 0 Å². The number of hydrogen-bond acceptors (Lipinski definition) is 5. The maximum absolute atomic E-state index is 12.3. The lowest BCUT2D eigenvalue weighted by Crippen LogP contribution is -2.24. The van der Waals surface area contributed by atoms with Crippen LogP contribution in [0.15, 0.2) is 16.9 Å². The monoisotopic (exact) mass is 360 g/mol. The van der Waals surface area contributed by atoms with Crippen LogP contribution in [0, 0.1) is 0 Å². The number of benzene rings is 1. The maximum atomic E-state index is 12.3. The fourth-order valence-corrected chi connectivity index (χ4v) is 2.44. The van der Waals surface area contributed by atoms with Crippen molar-refractivity contribution < 1.29 is 9.47 Å². The average molecular weight is 361 g/mol. The first-order valence-corrected chi connectivity index (χ1v) is 8.06. The molecule has 0 spiro atoms. The van der Waals surface area contributed by atoms with Crippen LogP contribution < -0.4 is 10.4 Å². The highest BCUT2D eigenvalue weighted by Gasteiger charge is 2.15. The first-order valence-electron chi connectivity index (χ1n) is 7.31. The molecule has 0 radical (unpaired) electrons. The van der Waals surface area contributed by atoms with Crippen LogP contribution >= 0.6 is 23.2 Å². The van der Waals surface area contributed by atoms with Crippen molar-refractivity contribution in [3.05, 3.63) is 32.7 Å². The number of rotatable bonds is 8. The van der Waals surface area contributed by atoms with Gasteiger partial charge in [-0.3, -0.25) is 0 Å². The van der Waals surface area contributed by atoms with E-state index < -0.39 is 0 Å². The predicted octanol–water partition coefficient (Wildman–Crippen LogP) is 2.56. The zero-order chi connectivity index (χ0) is 16.8. The largest absolute Gasteiger partial charge is 0.490 e. The number of hydrogen-bond donors (Lipinski definition) is 0. The molecule has 1 aromatic carbocycles. The Balaban J connectivity index is 2.30. The van der Waals surface area contributed by atoms with Crippen molar-refractivity contribution in [3.63, 3.8) is 0 Å². The van der Waals surface area contributed by atoms with E-state index in [4.69, 9.17) is 32.7 Å². The number of nitrogens with zero attached hydrogens (tertiary/aromatic N) is 4. The molecule has 0 saturated heterocycles. The van der Waals surface area contributed by atoms with Gasteiger partial charge in [-0.2, -0.15) is 9.36 Å². The summed E-state index contributed by atoms with van der Waals surface area (Å²) in [4.78, 5) is 12.3. The lowest BCUT2D eigenvalue weighted by atomic mass is 10.3. The Morgan fingerprint density at radius 1 is 1.13 bits per heavy atom. The fraction of sp³-hybridized carbons (Fsp3) is 0.500. The lowest BCUT2D eigenvalue weighted by molar-refractivity contribution is 0.110. The molecule has 23 heavy (non-hydrogen) atoms. The zero-order valence-corrected chi connectivity index (χ0v) is 14.5. The van der Waals surface area contributed by atoms with Gasteiger partial charge in [-0.1, -0.05) is 30.1 Å². The summed E-state index contributed by atoms with van der Waals surface area (Å²) in [6.07, 6.45) is 0.777. The van der Waals surface area contributed by atoms with E-state index in [1.807, 2.05) is 13.8 Å². The van der Waals surface area contributed by atoms with Gasteiger partial charge in [0.1, 0.15) is 12.4 Å². The first-order chi connectivity index (χ1) is 11.1. The highest BCUT2D eigenvalue weighted by molar-refractivity contribution is 6.36. The van der Waals surface area contributed by atoms with Crippen molar-refractivity contribution in [2.75, 3.05) is 19.8 Å². The van der Waals surface area contributed by atoms with E-state index in [1.54, 1.807) is 6.07 Å². The standard InChI is InChI=1S/C14H18Cl2N4O3/c1-3-5-19-14(21)20(18-17-19)12-9-13(11(16)8-10(12)15)23-7-6-22-4-2/h8-9H,3-7H2,1-2H3. The molecule has 0 amide bonds. The van der Waals surface area contributed by atoms with Crippen LogP contribution in [0.1, 0.15) is 20.3 Å². The van der Waals surface area contributed by atoms with Crippen molar-refractivity contribution in [2.24, 2.45) is 0 Å². The molecule has 0 N–H and O–H groups in total. The van der Waals surface area contributed by atoms with Crippen molar-refractivity contribution in [1.82, 2.24) is 19.8 Å². The van der Waals surface area contributed by atoms with Gasteiger partial charge in [0.05, 0.1) is 22.3 Å². The molecule has 0 aliphatic carbocycles. The van der Waals surface area contributed by atoms with E-state index in [0.717, 1.165) is 11.1 Å². The van der Waals surface area contributed by atoms with Gasteiger partial charge < -0.3 is 9.47 Å². The topological polar surface area (TPSA) is 71.2 Å². The Morgan fingerprint density at radius 2 is 1.91 bits per heavy atom. The Hall–Kier alpha value is -1.57. The van der Waals surface area contributed by atoms with E-state index in [2.05, 4.69) is 10.4 Å². The van der Waals surface area contributed by atoms with Crippen molar-refractivity contribution >= 4 is 23.2 Å². The summed E-state index contributed by atoms with van der Waals surface area (Å²) in [5.41, 5.74) is 0.00571. The summed E-state index contributed by atoms with van der Waals surface area (Å²) in [5.74, 6) is 0.405. The highest BCUT2D eigenvalue weighted by atomic mass is 35.5. The summed E-state index contributed by atoms with van der Waals surface area (Å²) >= 11 is 12.3. The van der Waals surface area contributed by atoms with Crippen LogP contribution in [0.4, 0.5) is 0 Å². The van der Waals surface area contributed by atoms with Crippen molar-refractivity contribution in [2.45, 2.75) is 26.8 Å². The molecular formula is C14H18Cl2N4O3. The molecule has 0 unspecified atom stereocenters. The summed E-state index contributed by atoms with van der Waals surface area (Å²) < 4.78 is 13.2. The third-order valence-electron chi connectivity index (χ3n) is 2.99. The second-order valence-corrected chi connectivity index (χ2v) is 5.49. The zero-order valence-electron chi connectivity index (χ0n) is 13.0. The van der Waals surface area contributed by atoms with Crippen LogP contribution in [-0.4, -0.2) is 39.6 Å². The molecule has 0 saturated carbocycles. The Labute approximate surface area is 143 Å². The number of aromatic nitrogens is 4. The summed E-state index contributed by atoms with van der Waals surface area (Å²) in [6, 6.07) is 3.09. The number of ether oxygens (including phenoxy) is 2. The van der Waals surface area contributed by atoms with Gasteiger partial charge in [-0.15, -0.1) is 0 Å². The van der Waals surface area contributed by atoms with Gasteiger partial charge >= 0.3 is 5.69 Å². The lowest BCUT2D eigenvalue weighted by Gasteiger charge is -2.11. The molecule has 1 heterocycles. The Kier molecular flexibility index (Phi) is 6.44. The molecule has 2 aromatic rings. The van der Waals surface area contributed by atoms with Crippen molar-refractivity contribution in [1.29, 1.82) is 0 Å². The average Bonchev–Trinajstić information content (AvgIpc) is 2.87. The van der Waals surface area contributed by atoms with Gasteiger partial charge in [-0.05, 0) is 29.8 Å². The van der Waals surface area contributed by atoms with Crippen LogP contribution in [0.2, 0.25) is 10.0 Å². The molecule has 7 nitrogen and oxygen atoms in total. The molecule has 0 atom stereocenters. The Bertz CT molecular complexity index is 715. The summed E-state index contributed by atoms with van der Waals surface area (Å²) in [5, 5.41) is 8.32. The smallest absolute Gasteiger partial charge is 0.368 e. The number of tetrazole rings is 1. The fourth-order valence-electron chi connectivity index (χ4n) is 1.92. The molecule has 0 fully saturated rings. The first kappa shape index (κ1) is 17.8. The quantitative estimate of drug-likeness (QED) is 0.676. The minimum atomic E-state index is -0.365. The predicted molar refractivity (Wildman–Crippen MR) is 87.9 cm³/mol. The van der Waals surface area contributed by atoms with Crippen LogP contribution in [0.3, 0.4) is 0 Å². The summed E-state index contributed by atoms with van der Waals surface area (Å²) in [7, 11) is 0. The normalized spacial score (nSPS) is 11.0. The second kappa shape index (κ2) is 8.33. The van der Waals surface area contributed by atoms with E-state index in [9.17, 15) is 4.79 Å². The molecular weight excluding hydrogens is 343 g/mol. The van der Waals surface area contributed by atoms with Gasteiger partial charge in [0, 0.05) is 19.2 Å². The van der Waals surface area contributed by atoms with E-state index in [1.165, 1.54) is 10.7 Å². The maximum Gasteiger partial charge on any atom is 0.368 e.